The molecule has 11 heavy (non-hydrogen) atoms. The minimum Gasteiger partial charge on any atom is -0.381 e. The number of methoxy groups -OCH3 is 1. The van der Waals surface area contributed by atoms with Crippen molar-refractivity contribution in [1.82, 2.24) is 0 Å². The second-order valence-electron chi connectivity index (χ2n) is 2.40. The minimum atomic E-state index is 0.186. The van der Waals surface area contributed by atoms with E-state index in [0.29, 0.717) is 13.0 Å². The Labute approximate surface area is 68.9 Å². The average molecular weight is 153 g/mol. The average Bonchev–Trinajstić information content (AvgIpc) is 1.97. The van der Waals surface area contributed by atoms with Crippen molar-refractivity contribution in [3.63, 3.8) is 0 Å². The zero-order chi connectivity index (χ0) is 8.69. The second kappa shape index (κ2) is 6.16. The van der Waals surface area contributed by atoms with Crippen molar-refractivity contribution >= 4 is 13.1 Å². The van der Waals surface area contributed by atoms with E-state index in [9.17, 15) is 4.79 Å². The summed E-state index contributed by atoms with van der Waals surface area (Å²) in [7, 11) is 3.57. The quantitative estimate of drug-likeness (QED) is 0.555. The SMILES string of the molecule is C[B]/C(=C\COC)CC(C)=O. The first-order chi connectivity index (χ1) is 5.20. The molecule has 0 aliphatic rings. The van der Waals surface area contributed by atoms with Crippen molar-refractivity contribution in [3.8, 4) is 0 Å². The molecule has 0 aliphatic carbocycles. The normalized spacial score (nSPS) is 11.4. The fourth-order valence-corrected chi connectivity index (χ4v) is 0.770. The fourth-order valence-electron chi connectivity index (χ4n) is 0.770. The van der Waals surface area contributed by atoms with Gasteiger partial charge in [0.2, 0.25) is 0 Å². The summed E-state index contributed by atoms with van der Waals surface area (Å²) in [6, 6.07) is 0. The maximum atomic E-state index is 10.7. The molecule has 1 radical (unpaired) electrons. The van der Waals surface area contributed by atoms with E-state index in [1.807, 2.05) is 20.2 Å². The number of rotatable bonds is 5. The predicted molar refractivity (Wildman–Crippen MR) is 46.9 cm³/mol. The molecule has 0 saturated carbocycles. The van der Waals surface area contributed by atoms with Gasteiger partial charge in [-0.05, 0) is 6.92 Å². The van der Waals surface area contributed by atoms with Crippen LogP contribution in [0.5, 0.6) is 0 Å². The first-order valence-corrected chi connectivity index (χ1v) is 3.67. The summed E-state index contributed by atoms with van der Waals surface area (Å²) in [4.78, 5) is 10.7. The van der Waals surface area contributed by atoms with Crippen molar-refractivity contribution in [2.45, 2.75) is 20.2 Å². The lowest BCUT2D eigenvalue weighted by atomic mass is 9.70. The van der Waals surface area contributed by atoms with Crippen molar-refractivity contribution in [2.75, 3.05) is 13.7 Å². The van der Waals surface area contributed by atoms with Crippen LogP contribution in [0.25, 0.3) is 0 Å². The van der Waals surface area contributed by atoms with Crippen LogP contribution in [0.3, 0.4) is 0 Å². The summed E-state index contributed by atoms with van der Waals surface area (Å²) in [5.41, 5.74) is 1.04. The van der Waals surface area contributed by atoms with Gasteiger partial charge in [0.15, 0.2) is 0 Å². The van der Waals surface area contributed by atoms with E-state index in [2.05, 4.69) is 0 Å². The minimum absolute atomic E-state index is 0.186. The third-order valence-electron chi connectivity index (χ3n) is 1.34. The summed E-state index contributed by atoms with van der Waals surface area (Å²) in [5.74, 6) is 0.186. The smallest absolute Gasteiger partial charge is 0.142 e. The summed E-state index contributed by atoms with van der Waals surface area (Å²) in [6.45, 7) is 4.08. The molecule has 0 N–H and O–H groups in total. The molecule has 0 aromatic heterocycles. The second-order valence-corrected chi connectivity index (χ2v) is 2.40. The van der Waals surface area contributed by atoms with Gasteiger partial charge in [-0.25, -0.2) is 0 Å². The highest BCUT2D eigenvalue weighted by Crippen LogP contribution is 1.99. The van der Waals surface area contributed by atoms with E-state index in [-0.39, 0.29) is 5.78 Å². The van der Waals surface area contributed by atoms with Gasteiger partial charge in [0.05, 0.1) is 6.61 Å². The Morgan fingerprint density at radius 3 is 2.64 bits per heavy atom. The third-order valence-corrected chi connectivity index (χ3v) is 1.34. The molecule has 0 aliphatic heterocycles. The summed E-state index contributed by atoms with van der Waals surface area (Å²) in [5, 5.41) is 0. The molecule has 3 heteroatoms. The van der Waals surface area contributed by atoms with Crippen LogP contribution < -0.4 is 0 Å². The van der Waals surface area contributed by atoms with Gasteiger partial charge in [-0.15, -0.1) is 5.47 Å². The topological polar surface area (TPSA) is 26.3 Å². The molecule has 2 nitrogen and oxygen atoms in total. The molecular weight excluding hydrogens is 139 g/mol. The maximum absolute atomic E-state index is 10.7. The number of ether oxygens (including phenoxy) is 1. The van der Waals surface area contributed by atoms with E-state index in [1.165, 1.54) is 0 Å². The van der Waals surface area contributed by atoms with Gasteiger partial charge in [0.25, 0.3) is 0 Å². The highest BCUT2D eigenvalue weighted by molar-refractivity contribution is 6.44. The molecule has 0 spiro atoms. The van der Waals surface area contributed by atoms with E-state index in [1.54, 1.807) is 14.0 Å². The molecule has 0 unspecified atom stereocenters. The Morgan fingerprint density at radius 2 is 2.27 bits per heavy atom. The van der Waals surface area contributed by atoms with Gasteiger partial charge in [0.1, 0.15) is 13.1 Å². The predicted octanol–water partition coefficient (Wildman–Crippen LogP) is 1.25. The Hall–Kier alpha value is -0.565. The van der Waals surface area contributed by atoms with E-state index < -0.39 is 0 Å². The van der Waals surface area contributed by atoms with Crippen LogP contribution >= 0.6 is 0 Å². The molecule has 61 valence electrons. The molecule has 0 fully saturated rings. The summed E-state index contributed by atoms with van der Waals surface area (Å²) in [6.07, 6.45) is 2.43. The molecule has 0 amide bonds. The van der Waals surface area contributed by atoms with Gasteiger partial charge in [0, 0.05) is 13.5 Å². The number of allylic oxidation sites excluding steroid dienone is 1. The summed E-state index contributed by atoms with van der Waals surface area (Å²) >= 11 is 0. The molecule has 0 heterocycles. The summed E-state index contributed by atoms with van der Waals surface area (Å²) < 4.78 is 4.85. The Kier molecular flexibility index (Phi) is 5.85. The van der Waals surface area contributed by atoms with E-state index >= 15 is 0 Å². The largest absolute Gasteiger partial charge is 0.381 e. The molecule has 0 atom stereocenters. The van der Waals surface area contributed by atoms with Crippen molar-refractivity contribution in [2.24, 2.45) is 0 Å². The highest BCUT2D eigenvalue weighted by Gasteiger charge is 1.98. The lowest BCUT2D eigenvalue weighted by Gasteiger charge is -1.99. The van der Waals surface area contributed by atoms with Gasteiger partial charge in [-0.3, -0.25) is 4.79 Å². The van der Waals surface area contributed by atoms with E-state index in [0.717, 1.165) is 5.47 Å². The zero-order valence-electron chi connectivity index (χ0n) is 7.39. The maximum Gasteiger partial charge on any atom is 0.142 e. The molecule has 0 aromatic rings. The van der Waals surface area contributed by atoms with Crippen LogP contribution in [0.1, 0.15) is 13.3 Å². The molecule has 0 bridgehead atoms. The monoisotopic (exact) mass is 153 g/mol. The van der Waals surface area contributed by atoms with Gasteiger partial charge >= 0.3 is 0 Å². The highest BCUT2D eigenvalue weighted by atomic mass is 16.5. The molecule has 0 saturated heterocycles. The first-order valence-electron chi connectivity index (χ1n) is 3.67. The van der Waals surface area contributed by atoms with Crippen molar-refractivity contribution in [3.05, 3.63) is 11.5 Å². The third kappa shape index (κ3) is 5.86. The number of carbonyl (C=O) groups excluding carboxylic acids is 1. The van der Waals surface area contributed by atoms with Gasteiger partial charge in [-0.1, -0.05) is 12.9 Å². The molecule has 0 aromatic carbocycles. The zero-order valence-corrected chi connectivity index (χ0v) is 7.39. The van der Waals surface area contributed by atoms with Crippen LogP contribution in [0.15, 0.2) is 11.5 Å². The number of ketones is 1. The lowest BCUT2D eigenvalue weighted by molar-refractivity contribution is -0.116. The standard InChI is InChI=1S/C8H14BO2/c1-7(10)6-8(9-2)4-5-11-3/h4H,5-6H2,1-3H3/b8-4-. The number of carbonyl (C=O) groups is 1. The van der Waals surface area contributed by atoms with Crippen molar-refractivity contribution < 1.29 is 9.53 Å². The van der Waals surface area contributed by atoms with Gasteiger partial charge < -0.3 is 4.74 Å². The van der Waals surface area contributed by atoms with Crippen LogP contribution in [0, 0.1) is 0 Å². The number of hydrogen-bond donors (Lipinski definition) is 0. The van der Waals surface area contributed by atoms with E-state index in [4.69, 9.17) is 4.74 Å². The van der Waals surface area contributed by atoms with Crippen LogP contribution in [0.2, 0.25) is 6.82 Å². The molecule has 0 rings (SSSR count). The molecular formula is C8H14BO2. The Balaban J connectivity index is 3.83. The van der Waals surface area contributed by atoms with Crippen LogP contribution in [-0.2, 0) is 9.53 Å². The Bertz CT molecular complexity index is 152. The number of hydrogen-bond acceptors (Lipinski definition) is 2. The van der Waals surface area contributed by atoms with Crippen LogP contribution in [0.4, 0.5) is 0 Å². The lowest BCUT2D eigenvalue weighted by Crippen LogP contribution is -2.00. The fraction of sp³-hybridized carbons (Fsp3) is 0.625. The first kappa shape index (κ1) is 10.4. The van der Waals surface area contributed by atoms with Crippen molar-refractivity contribution in [1.29, 1.82) is 0 Å². The van der Waals surface area contributed by atoms with Crippen LogP contribution in [-0.4, -0.2) is 26.8 Å². The number of Topliss-reactive ketones (excluding diaryl/α,β-unsaturated/α-hetero) is 1. The Morgan fingerprint density at radius 1 is 1.64 bits per heavy atom. The van der Waals surface area contributed by atoms with Gasteiger partial charge in [-0.2, -0.15) is 0 Å².